The van der Waals surface area contributed by atoms with E-state index in [-0.39, 0.29) is 12.1 Å². The molecule has 3 rings (SSSR count). The van der Waals surface area contributed by atoms with E-state index in [0.717, 1.165) is 6.07 Å². The molecule has 7 heteroatoms. The van der Waals surface area contributed by atoms with Crippen LogP contribution in [0.3, 0.4) is 0 Å². The van der Waals surface area contributed by atoms with Gasteiger partial charge >= 0.3 is 0 Å². The van der Waals surface area contributed by atoms with Gasteiger partial charge in [0, 0.05) is 5.56 Å². The third-order valence-electron chi connectivity index (χ3n) is 3.53. The zero-order valence-electron chi connectivity index (χ0n) is 12.0. The molecular weight excluding hydrogens is 301 g/mol. The second kappa shape index (κ2) is 6.05. The van der Waals surface area contributed by atoms with Gasteiger partial charge in [0.05, 0.1) is 12.2 Å². The van der Waals surface area contributed by atoms with Crippen LogP contribution in [0.1, 0.15) is 10.4 Å². The van der Waals surface area contributed by atoms with Gasteiger partial charge in [0.15, 0.2) is 6.10 Å². The third kappa shape index (κ3) is 2.86. The monoisotopic (exact) mass is 315 g/mol. The van der Waals surface area contributed by atoms with Gasteiger partial charge in [-0.25, -0.2) is 10.2 Å². The molecule has 1 aliphatic heterocycles. The van der Waals surface area contributed by atoms with Crippen molar-refractivity contribution in [2.45, 2.75) is 6.10 Å². The molecular formula is C16H14FN3O3. The maximum atomic E-state index is 13.4. The van der Waals surface area contributed by atoms with E-state index >= 15 is 0 Å². The molecule has 23 heavy (non-hydrogen) atoms. The number of carbonyl (C=O) groups excluding carboxylic acids is 2. The van der Waals surface area contributed by atoms with E-state index in [1.54, 1.807) is 24.3 Å². The Morgan fingerprint density at radius 2 is 2.00 bits per heavy atom. The number of amides is 2. The number of nitrogens with one attached hydrogen (secondary N) is 1. The quantitative estimate of drug-likeness (QED) is 0.496. The molecule has 3 N–H and O–H groups in total. The normalized spacial score (nSPS) is 16.3. The van der Waals surface area contributed by atoms with Crippen LogP contribution in [0.4, 0.5) is 10.1 Å². The van der Waals surface area contributed by atoms with Crippen LogP contribution in [-0.4, -0.2) is 24.5 Å². The summed E-state index contributed by atoms with van der Waals surface area (Å²) in [5.41, 5.74) is 2.72. The Kier molecular flexibility index (Phi) is 3.94. The molecule has 0 radical (unpaired) electrons. The Hall–Kier alpha value is -2.93. The molecule has 0 spiro atoms. The standard InChI is InChI=1S/C16H14FN3O3/c17-11-5-3-4-10(8-11)16(22)20-9-14(15(21)19-18)23-13-7-2-1-6-12(13)20/h1-8,14H,9,18H2,(H,19,21). The number of hydrogen-bond acceptors (Lipinski definition) is 4. The van der Waals surface area contributed by atoms with Gasteiger partial charge in [0.2, 0.25) is 0 Å². The maximum Gasteiger partial charge on any atom is 0.276 e. The number of anilines is 1. The van der Waals surface area contributed by atoms with E-state index in [9.17, 15) is 14.0 Å². The number of halogens is 1. The van der Waals surface area contributed by atoms with Gasteiger partial charge < -0.3 is 9.64 Å². The van der Waals surface area contributed by atoms with E-state index in [2.05, 4.69) is 0 Å². The average Bonchev–Trinajstić information content (AvgIpc) is 2.59. The highest BCUT2D eigenvalue weighted by Gasteiger charge is 2.33. The summed E-state index contributed by atoms with van der Waals surface area (Å²) in [4.78, 5) is 25.9. The van der Waals surface area contributed by atoms with Crippen LogP contribution in [0.2, 0.25) is 0 Å². The molecule has 0 saturated heterocycles. The van der Waals surface area contributed by atoms with Crippen molar-refractivity contribution in [1.29, 1.82) is 0 Å². The predicted octanol–water partition coefficient (Wildman–Crippen LogP) is 1.22. The van der Waals surface area contributed by atoms with Crippen molar-refractivity contribution in [2.24, 2.45) is 5.84 Å². The molecule has 0 aliphatic carbocycles. The number of hydrazine groups is 1. The molecule has 0 aromatic heterocycles. The topological polar surface area (TPSA) is 84.7 Å². The molecule has 0 saturated carbocycles. The highest BCUT2D eigenvalue weighted by atomic mass is 19.1. The van der Waals surface area contributed by atoms with Crippen molar-refractivity contribution < 1.29 is 18.7 Å². The molecule has 2 amide bonds. The predicted molar refractivity (Wildman–Crippen MR) is 81.3 cm³/mol. The van der Waals surface area contributed by atoms with Crippen molar-refractivity contribution in [3.05, 3.63) is 59.9 Å². The fourth-order valence-corrected chi connectivity index (χ4v) is 2.43. The second-order valence-electron chi connectivity index (χ2n) is 5.01. The van der Waals surface area contributed by atoms with Gasteiger partial charge in [0.25, 0.3) is 11.8 Å². The van der Waals surface area contributed by atoms with E-state index < -0.39 is 23.7 Å². The number of rotatable bonds is 2. The first-order chi connectivity index (χ1) is 11.1. The summed E-state index contributed by atoms with van der Waals surface area (Å²) in [6.07, 6.45) is -0.938. The number of ether oxygens (including phenoxy) is 1. The van der Waals surface area contributed by atoms with Gasteiger partial charge in [-0.1, -0.05) is 18.2 Å². The lowest BCUT2D eigenvalue weighted by atomic mass is 10.1. The summed E-state index contributed by atoms with van der Waals surface area (Å²) < 4.78 is 18.9. The molecule has 1 heterocycles. The zero-order chi connectivity index (χ0) is 16.4. The van der Waals surface area contributed by atoms with Crippen LogP contribution in [-0.2, 0) is 4.79 Å². The lowest BCUT2D eigenvalue weighted by Gasteiger charge is -2.33. The summed E-state index contributed by atoms with van der Waals surface area (Å²) in [5.74, 6) is 4.06. The molecule has 1 atom stereocenters. The molecule has 2 aromatic rings. The van der Waals surface area contributed by atoms with Crippen LogP contribution in [0.5, 0.6) is 5.75 Å². The first-order valence-corrected chi connectivity index (χ1v) is 6.93. The lowest BCUT2D eigenvalue weighted by Crippen LogP contribution is -2.52. The largest absolute Gasteiger partial charge is 0.476 e. The number of para-hydroxylation sites is 2. The minimum absolute atomic E-state index is 0.0185. The van der Waals surface area contributed by atoms with Crippen molar-refractivity contribution in [2.75, 3.05) is 11.4 Å². The van der Waals surface area contributed by atoms with Crippen LogP contribution in [0, 0.1) is 5.82 Å². The average molecular weight is 315 g/mol. The first-order valence-electron chi connectivity index (χ1n) is 6.93. The highest BCUT2D eigenvalue weighted by molar-refractivity contribution is 6.07. The minimum Gasteiger partial charge on any atom is -0.476 e. The summed E-state index contributed by atoms with van der Waals surface area (Å²) in [6.45, 7) is -0.0185. The third-order valence-corrected chi connectivity index (χ3v) is 3.53. The lowest BCUT2D eigenvalue weighted by molar-refractivity contribution is -0.127. The number of nitrogens with two attached hydrogens (primary N) is 1. The second-order valence-corrected chi connectivity index (χ2v) is 5.01. The Labute approximate surface area is 131 Å². The number of carbonyl (C=O) groups is 2. The van der Waals surface area contributed by atoms with Gasteiger partial charge in [-0.05, 0) is 30.3 Å². The van der Waals surface area contributed by atoms with Gasteiger partial charge in [-0.15, -0.1) is 0 Å². The van der Waals surface area contributed by atoms with Crippen LogP contribution in [0.15, 0.2) is 48.5 Å². The van der Waals surface area contributed by atoms with E-state index in [0.29, 0.717) is 11.4 Å². The van der Waals surface area contributed by atoms with Gasteiger partial charge in [-0.2, -0.15) is 0 Å². The van der Waals surface area contributed by atoms with Crippen molar-refractivity contribution in [1.82, 2.24) is 5.43 Å². The fraction of sp³-hybridized carbons (Fsp3) is 0.125. The Balaban J connectivity index is 1.99. The van der Waals surface area contributed by atoms with Crippen LogP contribution < -0.4 is 20.9 Å². The van der Waals surface area contributed by atoms with Crippen LogP contribution in [0.25, 0.3) is 0 Å². The Morgan fingerprint density at radius 1 is 1.22 bits per heavy atom. The number of nitrogens with zero attached hydrogens (tertiary/aromatic N) is 1. The smallest absolute Gasteiger partial charge is 0.276 e. The highest BCUT2D eigenvalue weighted by Crippen LogP contribution is 2.34. The van der Waals surface area contributed by atoms with Crippen molar-refractivity contribution in [3.63, 3.8) is 0 Å². The van der Waals surface area contributed by atoms with Gasteiger partial charge in [-0.3, -0.25) is 15.0 Å². The van der Waals surface area contributed by atoms with Crippen molar-refractivity contribution >= 4 is 17.5 Å². The Morgan fingerprint density at radius 3 is 2.74 bits per heavy atom. The molecule has 0 fully saturated rings. The number of benzene rings is 2. The molecule has 6 nitrogen and oxygen atoms in total. The first kappa shape index (κ1) is 15.0. The molecule has 2 aromatic carbocycles. The fourth-order valence-electron chi connectivity index (χ4n) is 2.43. The number of hydrogen-bond donors (Lipinski definition) is 2. The maximum absolute atomic E-state index is 13.4. The van der Waals surface area contributed by atoms with E-state index in [1.807, 2.05) is 5.43 Å². The van der Waals surface area contributed by atoms with E-state index in [1.165, 1.54) is 23.1 Å². The summed E-state index contributed by atoms with van der Waals surface area (Å²) in [5, 5.41) is 0. The SMILES string of the molecule is NNC(=O)C1CN(C(=O)c2cccc(F)c2)c2ccccc2O1. The van der Waals surface area contributed by atoms with E-state index in [4.69, 9.17) is 10.6 Å². The summed E-state index contributed by atoms with van der Waals surface area (Å²) in [7, 11) is 0. The molecule has 1 aliphatic rings. The zero-order valence-corrected chi connectivity index (χ0v) is 12.0. The summed E-state index contributed by atoms with van der Waals surface area (Å²) in [6, 6.07) is 12.2. The minimum atomic E-state index is -0.938. The summed E-state index contributed by atoms with van der Waals surface area (Å²) >= 11 is 0. The number of fused-ring (bicyclic) bond motifs is 1. The molecule has 118 valence electrons. The molecule has 0 bridgehead atoms. The molecule has 1 unspecified atom stereocenters. The van der Waals surface area contributed by atoms with Crippen molar-refractivity contribution in [3.8, 4) is 5.75 Å². The van der Waals surface area contributed by atoms with Crippen LogP contribution >= 0.6 is 0 Å². The van der Waals surface area contributed by atoms with Gasteiger partial charge in [0.1, 0.15) is 11.6 Å². The Bertz CT molecular complexity index is 766.